The molecular formula is C16H24N2O3S. The summed E-state index contributed by atoms with van der Waals surface area (Å²) >= 11 is 0. The van der Waals surface area contributed by atoms with Gasteiger partial charge in [0, 0.05) is 13.1 Å². The van der Waals surface area contributed by atoms with Crippen LogP contribution in [0.25, 0.3) is 0 Å². The molecule has 1 aliphatic heterocycles. The number of carbonyl (C=O) groups is 1. The van der Waals surface area contributed by atoms with Gasteiger partial charge in [0.05, 0.1) is 18.2 Å². The SMILES string of the molecule is Cc1ccccc1[C@H](C)NC(=O)[C@@H]1CCCN(S(C)(=O)=O)C1. The Morgan fingerprint density at radius 1 is 1.36 bits per heavy atom. The molecule has 0 aromatic heterocycles. The number of rotatable bonds is 4. The van der Waals surface area contributed by atoms with Crippen LogP contribution in [0.3, 0.4) is 0 Å². The maximum atomic E-state index is 12.4. The van der Waals surface area contributed by atoms with Crippen molar-refractivity contribution in [3.63, 3.8) is 0 Å². The van der Waals surface area contributed by atoms with Crippen LogP contribution in [0, 0.1) is 12.8 Å². The van der Waals surface area contributed by atoms with Crippen molar-refractivity contribution >= 4 is 15.9 Å². The summed E-state index contributed by atoms with van der Waals surface area (Å²) in [6, 6.07) is 7.87. The molecule has 0 radical (unpaired) electrons. The smallest absolute Gasteiger partial charge is 0.224 e. The van der Waals surface area contributed by atoms with Crippen molar-refractivity contribution < 1.29 is 13.2 Å². The number of nitrogens with zero attached hydrogens (tertiary/aromatic N) is 1. The molecule has 22 heavy (non-hydrogen) atoms. The molecule has 122 valence electrons. The fourth-order valence-corrected chi connectivity index (χ4v) is 3.85. The quantitative estimate of drug-likeness (QED) is 0.919. The van der Waals surface area contributed by atoms with Crippen molar-refractivity contribution in [2.45, 2.75) is 32.7 Å². The van der Waals surface area contributed by atoms with Gasteiger partial charge in [-0.05, 0) is 37.8 Å². The molecule has 5 nitrogen and oxygen atoms in total. The normalized spacial score (nSPS) is 21.3. The first kappa shape index (κ1) is 17.0. The number of benzene rings is 1. The first-order chi connectivity index (χ1) is 10.3. The van der Waals surface area contributed by atoms with Crippen LogP contribution in [-0.4, -0.2) is 38.0 Å². The van der Waals surface area contributed by atoms with E-state index in [4.69, 9.17) is 0 Å². The lowest BCUT2D eigenvalue weighted by molar-refractivity contribution is -0.126. The Labute approximate surface area is 132 Å². The molecule has 0 bridgehead atoms. The van der Waals surface area contributed by atoms with Gasteiger partial charge in [0.15, 0.2) is 0 Å². The van der Waals surface area contributed by atoms with Crippen molar-refractivity contribution in [1.29, 1.82) is 0 Å². The minimum atomic E-state index is -3.23. The average molecular weight is 324 g/mol. The van der Waals surface area contributed by atoms with Gasteiger partial charge >= 0.3 is 0 Å². The molecule has 2 atom stereocenters. The molecule has 2 rings (SSSR count). The number of piperidine rings is 1. The zero-order valence-corrected chi connectivity index (χ0v) is 14.2. The van der Waals surface area contributed by atoms with Gasteiger partial charge in [0.2, 0.25) is 15.9 Å². The maximum absolute atomic E-state index is 12.4. The van der Waals surface area contributed by atoms with E-state index in [0.29, 0.717) is 6.54 Å². The Kier molecular flexibility index (Phi) is 5.24. The largest absolute Gasteiger partial charge is 0.349 e. The molecule has 0 spiro atoms. The van der Waals surface area contributed by atoms with Crippen LogP contribution < -0.4 is 5.32 Å². The second-order valence-electron chi connectivity index (χ2n) is 6.05. The van der Waals surface area contributed by atoms with Gasteiger partial charge in [-0.15, -0.1) is 0 Å². The van der Waals surface area contributed by atoms with Gasteiger partial charge in [0.25, 0.3) is 0 Å². The van der Waals surface area contributed by atoms with E-state index in [2.05, 4.69) is 5.32 Å². The molecule has 1 aliphatic rings. The number of hydrogen-bond acceptors (Lipinski definition) is 3. The summed E-state index contributed by atoms with van der Waals surface area (Å²) in [6.45, 7) is 4.77. The molecular weight excluding hydrogens is 300 g/mol. The van der Waals surface area contributed by atoms with E-state index < -0.39 is 10.0 Å². The highest BCUT2D eigenvalue weighted by Gasteiger charge is 2.30. The minimum absolute atomic E-state index is 0.0656. The lowest BCUT2D eigenvalue weighted by Crippen LogP contribution is -2.45. The van der Waals surface area contributed by atoms with Crippen LogP contribution in [0.2, 0.25) is 0 Å². The summed E-state index contributed by atoms with van der Waals surface area (Å²) in [4.78, 5) is 12.4. The van der Waals surface area contributed by atoms with Crippen molar-refractivity contribution in [3.05, 3.63) is 35.4 Å². The standard InChI is InChI=1S/C16H24N2O3S/c1-12-7-4-5-9-15(12)13(2)17-16(19)14-8-6-10-18(11-14)22(3,20)21/h4-5,7,9,13-14H,6,8,10-11H2,1-3H3,(H,17,19)/t13-,14+/m0/s1. The summed E-state index contributed by atoms with van der Waals surface area (Å²) in [6.07, 6.45) is 2.66. The second-order valence-corrected chi connectivity index (χ2v) is 8.03. The highest BCUT2D eigenvalue weighted by Crippen LogP contribution is 2.21. The van der Waals surface area contributed by atoms with Crippen LogP contribution in [0.5, 0.6) is 0 Å². The molecule has 0 saturated carbocycles. The zero-order valence-electron chi connectivity index (χ0n) is 13.4. The molecule has 1 amide bonds. The van der Waals surface area contributed by atoms with Crippen LogP contribution in [0.15, 0.2) is 24.3 Å². The van der Waals surface area contributed by atoms with E-state index in [9.17, 15) is 13.2 Å². The average Bonchev–Trinajstić information content (AvgIpc) is 2.46. The Morgan fingerprint density at radius 2 is 2.05 bits per heavy atom. The first-order valence-electron chi connectivity index (χ1n) is 7.60. The van der Waals surface area contributed by atoms with E-state index in [1.54, 1.807) is 0 Å². The van der Waals surface area contributed by atoms with E-state index >= 15 is 0 Å². The molecule has 1 N–H and O–H groups in total. The Balaban J connectivity index is 2.01. The van der Waals surface area contributed by atoms with Crippen molar-refractivity contribution in [2.75, 3.05) is 19.3 Å². The van der Waals surface area contributed by atoms with Gasteiger partial charge in [0.1, 0.15) is 0 Å². The van der Waals surface area contributed by atoms with Crippen LogP contribution in [0.1, 0.15) is 36.9 Å². The third-order valence-corrected chi connectivity index (χ3v) is 5.51. The maximum Gasteiger partial charge on any atom is 0.224 e. The summed E-state index contributed by atoms with van der Waals surface area (Å²) in [5, 5.41) is 3.02. The molecule has 1 aromatic rings. The third-order valence-electron chi connectivity index (χ3n) is 4.24. The number of sulfonamides is 1. The number of aryl methyl sites for hydroxylation is 1. The van der Waals surface area contributed by atoms with E-state index in [1.807, 2.05) is 38.1 Å². The molecule has 6 heteroatoms. The second kappa shape index (κ2) is 6.79. The van der Waals surface area contributed by atoms with Gasteiger partial charge in [-0.2, -0.15) is 0 Å². The Morgan fingerprint density at radius 3 is 2.68 bits per heavy atom. The third kappa shape index (κ3) is 4.08. The fourth-order valence-electron chi connectivity index (χ4n) is 2.94. The monoisotopic (exact) mass is 324 g/mol. The molecule has 1 saturated heterocycles. The van der Waals surface area contributed by atoms with Crippen LogP contribution >= 0.6 is 0 Å². The van der Waals surface area contributed by atoms with Gasteiger partial charge in [-0.3, -0.25) is 4.79 Å². The Bertz CT molecular complexity index is 643. The summed E-state index contributed by atoms with van der Waals surface area (Å²) in [7, 11) is -3.23. The van der Waals surface area contributed by atoms with Crippen molar-refractivity contribution in [1.82, 2.24) is 9.62 Å². The molecule has 0 unspecified atom stereocenters. The molecule has 0 aliphatic carbocycles. The summed E-state index contributed by atoms with van der Waals surface area (Å²) in [5.74, 6) is -0.334. The highest BCUT2D eigenvalue weighted by atomic mass is 32.2. The van der Waals surface area contributed by atoms with Gasteiger partial charge < -0.3 is 5.32 Å². The molecule has 1 heterocycles. The predicted octanol–water partition coefficient (Wildman–Crippen LogP) is 1.84. The number of carbonyl (C=O) groups excluding carboxylic acids is 1. The van der Waals surface area contributed by atoms with Crippen LogP contribution in [0.4, 0.5) is 0 Å². The first-order valence-corrected chi connectivity index (χ1v) is 9.45. The highest BCUT2D eigenvalue weighted by molar-refractivity contribution is 7.88. The lowest BCUT2D eigenvalue weighted by atomic mass is 9.97. The zero-order chi connectivity index (χ0) is 16.3. The van der Waals surface area contributed by atoms with Gasteiger partial charge in [-0.25, -0.2) is 12.7 Å². The number of hydrogen-bond donors (Lipinski definition) is 1. The van der Waals surface area contributed by atoms with Crippen molar-refractivity contribution in [3.8, 4) is 0 Å². The van der Waals surface area contributed by atoms with E-state index in [1.165, 1.54) is 10.6 Å². The molecule has 1 aromatic carbocycles. The van der Waals surface area contributed by atoms with Gasteiger partial charge in [-0.1, -0.05) is 24.3 Å². The fraction of sp³-hybridized carbons (Fsp3) is 0.562. The summed E-state index contributed by atoms with van der Waals surface area (Å²) in [5.41, 5.74) is 2.23. The lowest BCUT2D eigenvalue weighted by Gasteiger charge is -2.31. The summed E-state index contributed by atoms with van der Waals surface area (Å²) < 4.78 is 24.7. The van der Waals surface area contributed by atoms with E-state index in [-0.39, 0.29) is 24.4 Å². The number of amides is 1. The van der Waals surface area contributed by atoms with Crippen molar-refractivity contribution in [2.24, 2.45) is 5.92 Å². The van der Waals surface area contributed by atoms with Crippen LogP contribution in [-0.2, 0) is 14.8 Å². The topological polar surface area (TPSA) is 66.5 Å². The minimum Gasteiger partial charge on any atom is -0.349 e. The number of nitrogens with one attached hydrogen (secondary N) is 1. The van der Waals surface area contributed by atoms with E-state index in [0.717, 1.165) is 24.0 Å². The molecule has 1 fully saturated rings. The Hall–Kier alpha value is -1.40. The predicted molar refractivity (Wildman–Crippen MR) is 86.9 cm³/mol.